The minimum atomic E-state index is -0.947. The van der Waals surface area contributed by atoms with Crippen LogP contribution >= 0.6 is 0 Å². The first-order chi connectivity index (χ1) is 10.2. The summed E-state index contributed by atoms with van der Waals surface area (Å²) in [6.07, 6.45) is 0. The van der Waals surface area contributed by atoms with Crippen molar-refractivity contribution in [3.05, 3.63) is 35.9 Å². The molecule has 0 aliphatic heterocycles. The van der Waals surface area contributed by atoms with Gasteiger partial charge in [0.05, 0.1) is 11.1 Å². The molecule has 0 saturated carbocycles. The Morgan fingerprint density at radius 1 is 1.24 bits per heavy atom. The monoisotopic (exact) mass is 288 g/mol. The number of hydrogen-bond acceptors (Lipinski definition) is 4. The van der Waals surface area contributed by atoms with E-state index >= 15 is 0 Å². The summed E-state index contributed by atoms with van der Waals surface area (Å²) in [5.74, 6) is -0.421. The van der Waals surface area contributed by atoms with Gasteiger partial charge >= 0.3 is 5.97 Å². The molecular weight excluding hydrogens is 268 g/mol. The molecule has 0 fully saturated rings. The van der Waals surface area contributed by atoms with Crippen molar-refractivity contribution in [1.82, 2.24) is 9.88 Å². The quantitative estimate of drug-likeness (QED) is 0.848. The third-order valence-electron chi connectivity index (χ3n) is 3.49. The van der Waals surface area contributed by atoms with Gasteiger partial charge in [0.2, 0.25) is 5.88 Å². The van der Waals surface area contributed by atoms with E-state index in [2.05, 4.69) is 23.7 Å². The summed E-state index contributed by atoms with van der Waals surface area (Å²) in [5, 5.41) is 9.77. The first-order valence-corrected chi connectivity index (χ1v) is 7.14. The number of aromatic carboxylic acids is 1. The largest absolute Gasteiger partial charge is 0.478 e. The van der Waals surface area contributed by atoms with Gasteiger partial charge in [-0.15, -0.1) is 0 Å². The van der Waals surface area contributed by atoms with E-state index in [-0.39, 0.29) is 5.56 Å². The number of carboxylic acids is 1. The van der Waals surface area contributed by atoms with Gasteiger partial charge in [-0.2, -0.15) is 0 Å². The highest BCUT2D eigenvalue weighted by atomic mass is 16.5. The molecule has 0 saturated heterocycles. The fraction of sp³-hybridized carbons (Fsp3) is 0.375. The predicted octanol–water partition coefficient (Wildman–Crippen LogP) is 2.65. The first kappa shape index (κ1) is 15.3. The van der Waals surface area contributed by atoms with E-state index in [1.165, 1.54) is 0 Å². The highest BCUT2D eigenvalue weighted by Gasteiger charge is 2.09. The van der Waals surface area contributed by atoms with Crippen LogP contribution in [0.15, 0.2) is 30.3 Å². The number of likely N-dealkylation sites (N-methyl/N-ethyl adjacent to an activating group) is 1. The van der Waals surface area contributed by atoms with E-state index in [0.717, 1.165) is 19.6 Å². The second-order valence-corrected chi connectivity index (χ2v) is 4.70. The summed E-state index contributed by atoms with van der Waals surface area (Å²) in [4.78, 5) is 17.8. The van der Waals surface area contributed by atoms with E-state index < -0.39 is 5.97 Å². The summed E-state index contributed by atoms with van der Waals surface area (Å²) < 4.78 is 5.65. The number of hydrogen-bond donors (Lipinski definition) is 1. The zero-order valence-electron chi connectivity index (χ0n) is 12.4. The lowest BCUT2D eigenvalue weighted by Gasteiger charge is -2.17. The molecule has 0 aliphatic carbocycles. The Kier molecular flexibility index (Phi) is 5.11. The van der Waals surface area contributed by atoms with Crippen molar-refractivity contribution < 1.29 is 14.6 Å². The number of carboxylic acid groups (broad SMARTS) is 1. The van der Waals surface area contributed by atoms with Gasteiger partial charge in [-0.25, -0.2) is 9.78 Å². The van der Waals surface area contributed by atoms with Crippen molar-refractivity contribution in [3.63, 3.8) is 0 Å². The van der Waals surface area contributed by atoms with Crippen LogP contribution in [-0.4, -0.2) is 47.2 Å². The molecule has 0 radical (unpaired) electrons. The van der Waals surface area contributed by atoms with Crippen LogP contribution < -0.4 is 4.74 Å². The molecule has 5 nitrogen and oxygen atoms in total. The molecule has 2 rings (SSSR count). The minimum absolute atomic E-state index is 0.259. The van der Waals surface area contributed by atoms with Crippen LogP contribution in [0.3, 0.4) is 0 Å². The molecule has 1 N–H and O–H groups in total. The summed E-state index contributed by atoms with van der Waals surface area (Å²) in [7, 11) is 0. The van der Waals surface area contributed by atoms with Crippen LogP contribution in [0.1, 0.15) is 24.2 Å². The Labute approximate surface area is 124 Å². The van der Waals surface area contributed by atoms with Crippen LogP contribution in [0.25, 0.3) is 10.9 Å². The van der Waals surface area contributed by atoms with Crippen molar-refractivity contribution in [3.8, 4) is 5.88 Å². The Bertz CT molecular complexity index is 624. The maximum atomic E-state index is 11.1. The summed E-state index contributed by atoms with van der Waals surface area (Å²) in [6.45, 7) is 7.64. The van der Waals surface area contributed by atoms with E-state index in [1.54, 1.807) is 30.3 Å². The SMILES string of the molecule is CCN(CC)CCOc1ccc2c(C(=O)O)cccc2n1. The lowest BCUT2D eigenvalue weighted by Crippen LogP contribution is -2.28. The van der Waals surface area contributed by atoms with Crippen LogP contribution in [0.5, 0.6) is 5.88 Å². The standard InChI is InChI=1S/C16H20N2O3/c1-3-18(4-2)10-11-21-15-9-8-12-13(16(19)20)6-5-7-14(12)17-15/h5-9H,3-4,10-11H2,1-2H3,(H,19,20). The molecule has 5 heteroatoms. The Balaban J connectivity index is 2.11. The van der Waals surface area contributed by atoms with Gasteiger partial charge in [-0.1, -0.05) is 19.9 Å². The molecule has 2 aromatic rings. The van der Waals surface area contributed by atoms with Crippen molar-refractivity contribution in [2.24, 2.45) is 0 Å². The predicted molar refractivity (Wildman–Crippen MR) is 82.0 cm³/mol. The number of carbonyl (C=O) groups is 1. The van der Waals surface area contributed by atoms with Crippen molar-refractivity contribution in [2.75, 3.05) is 26.2 Å². The van der Waals surface area contributed by atoms with E-state index in [1.807, 2.05) is 0 Å². The smallest absolute Gasteiger partial charge is 0.336 e. The molecule has 0 aliphatic rings. The molecular formula is C16H20N2O3. The first-order valence-electron chi connectivity index (χ1n) is 7.14. The van der Waals surface area contributed by atoms with Gasteiger partial charge in [-0.3, -0.25) is 0 Å². The molecule has 0 amide bonds. The minimum Gasteiger partial charge on any atom is -0.478 e. The molecule has 1 heterocycles. The number of aromatic nitrogens is 1. The topological polar surface area (TPSA) is 62.7 Å². The van der Waals surface area contributed by atoms with Crippen LogP contribution in [0.4, 0.5) is 0 Å². The van der Waals surface area contributed by atoms with Gasteiger partial charge in [0.15, 0.2) is 0 Å². The molecule has 1 aromatic carbocycles. The van der Waals surface area contributed by atoms with Crippen molar-refractivity contribution in [1.29, 1.82) is 0 Å². The maximum absolute atomic E-state index is 11.1. The van der Waals surface area contributed by atoms with E-state index in [4.69, 9.17) is 9.84 Å². The molecule has 0 bridgehead atoms. The normalized spacial score (nSPS) is 11.0. The van der Waals surface area contributed by atoms with Crippen LogP contribution in [-0.2, 0) is 0 Å². The van der Waals surface area contributed by atoms with Gasteiger partial charge in [-0.05, 0) is 31.3 Å². The molecule has 0 atom stereocenters. The third-order valence-corrected chi connectivity index (χ3v) is 3.49. The summed E-state index contributed by atoms with van der Waals surface area (Å²) in [5.41, 5.74) is 0.893. The lowest BCUT2D eigenvalue weighted by atomic mass is 10.1. The van der Waals surface area contributed by atoms with Crippen molar-refractivity contribution >= 4 is 16.9 Å². The highest BCUT2D eigenvalue weighted by molar-refractivity contribution is 6.02. The zero-order valence-corrected chi connectivity index (χ0v) is 12.4. The number of ether oxygens (including phenoxy) is 1. The maximum Gasteiger partial charge on any atom is 0.336 e. The molecule has 0 unspecified atom stereocenters. The van der Waals surface area contributed by atoms with Crippen LogP contribution in [0, 0.1) is 0 Å². The number of rotatable bonds is 7. The Hall–Kier alpha value is -2.14. The number of fused-ring (bicyclic) bond motifs is 1. The van der Waals surface area contributed by atoms with Crippen molar-refractivity contribution in [2.45, 2.75) is 13.8 Å². The summed E-state index contributed by atoms with van der Waals surface area (Å²) >= 11 is 0. The van der Waals surface area contributed by atoms with Gasteiger partial charge in [0, 0.05) is 18.0 Å². The van der Waals surface area contributed by atoms with E-state index in [9.17, 15) is 4.79 Å². The molecule has 21 heavy (non-hydrogen) atoms. The van der Waals surface area contributed by atoms with Gasteiger partial charge in [0.25, 0.3) is 0 Å². The molecule has 0 spiro atoms. The average Bonchev–Trinajstić information content (AvgIpc) is 2.50. The lowest BCUT2D eigenvalue weighted by molar-refractivity contribution is 0.0699. The number of pyridine rings is 1. The highest BCUT2D eigenvalue weighted by Crippen LogP contribution is 2.20. The second kappa shape index (κ2) is 7.04. The average molecular weight is 288 g/mol. The number of benzene rings is 1. The zero-order chi connectivity index (χ0) is 15.2. The number of nitrogens with zero attached hydrogens (tertiary/aromatic N) is 2. The van der Waals surface area contributed by atoms with Gasteiger partial charge < -0.3 is 14.7 Å². The fourth-order valence-electron chi connectivity index (χ4n) is 2.22. The Morgan fingerprint density at radius 3 is 2.67 bits per heavy atom. The molecule has 112 valence electrons. The second-order valence-electron chi connectivity index (χ2n) is 4.70. The molecule has 1 aromatic heterocycles. The van der Waals surface area contributed by atoms with Gasteiger partial charge in [0.1, 0.15) is 6.61 Å². The third kappa shape index (κ3) is 3.70. The fourth-order valence-corrected chi connectivity index (χ4v) is 2.22. The van der Waals surface area contributed by atoms with Crippen LogP contribution in [0.2, 0.25) is 0 Å². The van der Waals surface area contributed by atoms with E-state index in [0.29, 0.717) is 23.4 Å². The Morgan fingerprint density at radius 2 is 2.00 bits per heavy atom. The summed E-state index contributed by atoms with van der Waals surface area (Å²) in [6, 6.07) is 8.53.